The summed E-state index contributed by atoms with van der Waals surface area (Å²) in [6, 6.07) is 11.6. The van der Waals surface area contributed by atoms with Crippen molar-refractivity contribution in [3.05, 3.63) is 87.2 Å². The van der Waals surface area contributed by atoms with Crippen molar-refractivity contribution in [2.24, 2.45) is 0 Å². The molecule has 2 heterocycles. The van der Waals surface area contributed by atoms with E-state index in [1.165, 1.54) is 44.6 Å². The van der Waals surface area contributed by atoms with Gasteiger partial charge in [0.15, 0.2) is 11.5 Å². The largest absolute Gasteiger partial charge is 0.493 e. The van der Waals surface area contributed by atoms with Crippen LogP contribution in [0, 0.1) is 5.82 Å². The van der Waals surface area contributed by atoms with Crippen molar-refractivity contribution < 1.29 is 37.4 Å². The fourth-order valence-electron chi connectivity index (χ4n) is 3.46. The quantitative estimate of drug-likeness (QED) is 0.243. The van der Waals surface area contributed by atoms with Crippen molar-refractivity contribution in [3.63, 3.8) is 0 Å². The maximum absolute atomic E-state index is 13.4. The van der Waals surface area contributed by atoms with Gasteiger partial charge in [-0.05, 0) is 69.5 Å². The van der Waals surface area contributed by atoms with Crippen molar-refractivity contribution in [2.75, 3.05) is 14.2 Å². The molecule has 2 aromatic carbocycles. The Morgan fingerprint density at radius 1 is 1.17 bits per heavy atom. The lowest BCUT2D eigenvalue weighted by Gasteiger charge is -2.14. The molecule has 1 fully saturated rings. The molecule has 36 heavy (non-hydrogen) atoms. The first kappa shape index (κ1) is 25.0. The highest BCUT2D eigenvalue weighted by atomic mass is 79.9. The molecule has 9 nitrogen and oxygen atoms in total. The Bertz CT molecular complexity index is 1370. The number of nitrogens with one attached hydrogen (secondary N) is 1. The number of amides is 3. The van der Waals surface area contributed by atoms with Crippen LogP contribution in [0.15, 0.2) is 63.1 Å². The molecule has 1 aromatic heterocycles. The van der Waals surface area contributed by atoms with E-state index in [4.69, 9.17) is 13.9 Å². The zero-order valence-electron chi connectivity index (χ0n) is 19.2. The van der Waals surface area contributed by atoms with Crippen LogP contribution in [0.25, 0.3) is 6.08 Å². The summed E-state index contributed by atoms with van der Waals surface area (Å²) in [7, 11) is 2.68. The number of esters is 1. The summed E-state index contributed by atoms with van der Waals surface area (Å²) in [5.74, 6) is -0.632. The molecule has 0 aliphatic carbocycles. The lowest BCUT2D eigenvalue weighted by molar-refractivity contribution is -0.123. The van der Waals surface area contributed by atoms with Gasteiger partial charge in [0.2, 0.25) is 5.76 Å². The van der Waals surface area contributed by atoms with Crippen LogP contribution in [0.4, 0.5) is 9.18 Å². The lowest BCUT2D eigenvalue weighted by Crippen LogP contribution is -2.30. The maximum atomic E-state index is 13.4. The van der Waals surface area contributed by atoms with E-state index in [1.54, 1.807) is 24.3 Å². The molecule has 0 saturated carbocycles. The Morgan fingerprint density at radius 3 is 2.69 bits per heavy atom. The van der Waals surface area contributed by atoms with Crippen molar-refractivity contribution in [1.29, 1.82) is 0 Å². The summed E-state index contributed by atoms with van der Waals surface area (Å²) < 4.78 is 35.2. The average Bonchev–Trinajstić information content (AvgIpc) is 3.43. The second-order valence-electron chi connectivity index (χ2n) is 7.59. The molecule has 0 atom stereocenters. The SMILES string of the molecule is COC(=O)c1ccc(CN2C(=O)N/C(=C\c3cc(Br)c(OCc4cccc(F)c4)c(OC)c3)C2=O)o1. The Labute approximate surface area is 213 Å². The molecular formula is C25H20BrFN2O7. The molecule has 0 unspecified atom stereocenters. The molecule has 1 aliphatic rings. The van der Waals surface area contributed by atoms with E-state index < -0.39 is 17.9 Å². The third-order valence-electron chi connectivity index (χ3n) is 5.16. The molecule has 3 aromatic rings. The minimum atomic E-state index is -0.665. The van der Waals surface area contributed by atoms with Crippen LogP contribution in [0.3, 0.4) is 0 Å². The highest BCUT2D eigenvalue weighted by Crippen LogP contribution is 2.38. The first-order valence-corrected chi connectivity index (χ1v) is 11.3. The average molecular weight is 559 g/mol. The third kappa shape index (κ3) is 5.41. The van der Waals surface area contributed by atoms with Gasteiger partial charge in [-0.1, -0.05) is 12.1 Å². The topological polar surface area (TPSA) is 107 Å². The third-order valence-corrected chi connectivity index (χ3v) is 5.75. The van der Waals surface area contributed by atoms with Crippen molar-refractivity contribution in [2.45, 2.75) is 13.2 Å². The highest BCUT2D eigenvalue weighted by Gasteiger charge is 2.34. The molecular weight excluding hydrogens is 539 g/mol. The van der Waals surface area contributed by atoms with E-state index in [0.717, 1.165) is 4.90 Å². The molecule has 11 heteroatoms. The predicted octanol–water partition coefficient (Wildman–Crippen LogP) is 4.65. The predicted molar refractivity (Wildman–Crippen MR) is 129 cm³/mol. The molecule has 186 valence electrons. The summed E-state index contributed by atoms with van der Waals surface area (Å²) in [4.78, 5) is 37.8. The van der Waals surface area contributed by atoms with Gasteiger partial charge in [0.05, 0.1) is 25.2 Å². The summed E-state index contributed by atoms with van der Waals surface area (Å²) in [6.07, 6.45) is 1.49. The van der Waals surface area contributed by atoms with E-state index >= 15 is 0 Å². The lowest BCUT2D eigenvalue weighted by atomic mass is 10.1. The molecule has 3 amide bonds. The summed E-state index contributed by atoms with van der Waals surface area (Å²) in [5, 5.41) is 2.53. The van der Waals surface area contributed by atoms with Gasteiger partial charge in [0.25, 0.3) is 5.91 Å². The van der Waals surface area contributed by atoms with Crippen molar-refractivity contribution in [1.82, 2.24) is 10.2 Å². The van der Waals surface area contributed by atoms with Gasteiger partial charge in [0, 0.05) is 0 Å². The maximum Gasteiger partial charge on any atom is 0.373 e. The van der Waals surface area contributed by atoms with Crippen LogP contribution >= 0.6 is 15.9 Å². The molecule has 0 radical (unpaired) electrons. The number of halogens is 2. The molecule has 1 N–H and O–H groups in total. The monoisotopic (exact) mass is 558 g/mol. The van der Waals surface area contributed by atoms with Crippen LogP contribution in [-0.4, -0.2) is 37.0 Å². The number of ether oxygens (including phenoxy) is 3. The van der Waals surface area contributed by atoms with Crippen LogP contribution in [-0.2, 0) is 22.7 Å². The first-order chi connectivity index (χ1) is 17.3. The number of hydrogen-bond acceptors (Lipinski definition) is 7. The number of nitrogens with zero attached hydrogens (tertiary/aromatic N) is 1. The van der Waals surface area contributed by atoms with Crippen LogP contribution in [0.1, 0.15) is 27.4 Å². The Kier molecular flexibility index (Phi) is 7.39. The van der Waals surface area contributed by atoms with Crippen molar-refractivity contribution >= 4 is 39.9 Å². The van der Waals surface area contributed by atoms with Crippen LogP contribution < -0.4 is 14.8 Å². The molecule has 0 spiro atoms. The van der Waals surface area contributed by atoms with Crippen LogP contribution in [0.2, 0.25) is 0 Å². The fourth-order valence-corrected chi connectivity index (χ4v) is 4.03. The summed E-state index contributed by atoms with van der Waals surface area (Å²) >= 11 is 3.44. The second-order valence-corrected chi connectivity index (χ2v) is 8.44. The number of imide groups is 1. The Hall–Kier alpha value is -4.12. The second kappa shape index (κ2) is 10.6. The summed E-state index contributed by atoms with van der Waals surface area (Å²) in [6.45, 7) is -0.0556. The standard InChI is InChI=1S/C25H20BrFN2O7/c1-33-21-11-15(9-18(26)22(21)35-13-14-4-3-5-16(27)8-14)10-19-23(30)29(25(32)28-19)12-17-6-7-20(36-17)24(31)34-2/h3-11H,12-13H2,1-2H3,(H,28,32)/b19-10-. The van der Waals surface area contributed by atoms with Gasteiger partial charge in [-0.2, -0.15) is 0 Å². The minimum Gasteiger partial charge on any atom is -0.493 e. The number of benzene rings is 2. The van der Waals surface area contributed by atoms with Gasteiger partial charge in [-0.15, -0.1) is 0 Å². The Morgan fingerprint density at radius 2 is 1.97 bits per heavy atom. The number of urea groups is 1. The fraction of sp³-hybridized carbons (Fsp3) is 0.160. The number of methoxy groups -OCH3 is 2. The number of rotatable bonds is 8. The smallest absolute Gasteiger partial charge is 0.373 e. The molecule has 0 bridgehead atoms. The number of carbonyl (C=O) groups is 3. The first-order valence-electron chi connectivity index (χ1n) is 10.6. The molecule has 1 saturated heterocycles. The van der Waals surface area contributed by atoms with E-state index in [0.29, 0.717) is 27.1 Å². The zero-order chi connectivity index (χ0) is 25.8. The van der Waals surface area contributed by atoms with E-state index in [-0.39, 0.29) is 36.2 Å². The van der Waals surface area contributed by atoms with Gasteiger partial charge in [0.1, 0.15) is 23.9 Å². The van der Waals surface area contributed by atoms with Gasteiger partial charge >= 0.3 is 12.0 Å². The number of hydrogen-bond donors (Lipinski definition) is 1. The molecule has 4 rings (SSSR count). The van der Waals surface area contributed by atoms with Crippen molar-refractivity contribution in [3.8, 4) is 11.5 Å². The molecule has 1 aliphatic heterocycles. The Balaban J connectivity index is 1.51. The number of furan rings is 1. The highest BCUT2D eigenvalue weighted by molar-refractivity contribution is 9.10. The van der Waals surface area contributed by atoms with Gasteiger partial charge in [-0.25, -0.2) is 14.0 Å². The zero-order valence-corrected chi connectivity index (χ0v) is 20.8. The van der Waals surface area contributed by atoms with E-state index in [1.807, 2.05) is 0 Å². The normalized spacial score (nSPS) is 14.2. The minimum absolute atomic E-state index is 0.0352. The van der Waals surface area contributed by atoms with E-state index in [9.17, 15) is 18.8 Å². The summed E-state index contributed by atoms with van der Waals surface area (Å²) in [5.41, 5.74) is 1.24. The van der Waals surface area contributed by atoms with Gasteiger partial charge in [-0.3, -0.25) is 9.69 Å². The van der Waals surface area contributed by atoms with E-state index in [2.05, 4.69) is 26.0 Å². The van der Waals surface area contributed by atoms with Crippen LogP contribution in [0.5, 0.6) is 11.5 Å². The van der Waals surface area contributed by atoms with Gasteiger partial charge < -0.3 is 23.9 Å². The number of carbonyl (C=O) groups excluding carboxylic acids is 3.